The molecule has 0 radical (unpaired) electrons. The molecule has 0 atom stereocenters. The Morgan fingerprint density at radius 2 is 0.958 bits per heavy atom. The van der Waals surface area contributed by atoms with E-state index in [-0.39, 0.29) is 11.5 Å². The molecule has 2 aromatic rings. The van der Waals surface area contributed by atoms with Crippen LogP contribution in [0.1, 0.15) is 23.0 Å². The lowest BCUT2D eigenvalue weighted by atomic mass is 9.52. The molecule has 1 fully saturated rings. The third-order valence-electron chi connectivity index (χ3n) is 4.65. The van der Waals surface area contributed by atoms with E-state index < -0.39 is 35.6 Å². The molecule has 1 aliphatic rings. The lowest BCUT2D eigenvalue weighted by molar-refractivity contribution is -0.329. The van der Waals surface area contributed by atoms with Gasteiger partial charge in [-0.3, -0.25) is 0 Å². The zero-order chi connectivity index (χ0) is 17.4. The van der Waals surface area contributed by atoms with Crippen molar-refractivity contribution in [2.45, 2.75) is 11.8 Å². The second-order valence-corrected chi connectivity index (χ2v) is 5.92. The average Bonchev–Trinajstić information content (AvgIpc) is 2.49. The molecule has 2 N–H and O–H groups in total. The molecule has 0 bridgehead atoms. The van der Waals surface area contributed by atoms with Crippen molar-refractivity contribution in [1.82, 2.24) is 0 Å². The van der Waals surface area contributed by atoms with E-state index in [0.29, 0.717) is 11.1 Å². The summed E-state index contributed by atoms with van der Waals surface area (Å²) < 4.78 is 0. The molecule has 0 spiro atoms. The van der Waals surface area contributed by atoms with E-state index >= 15 is 0 Å². The first-order chi connectivity index (χ1) is 11.4. The zero-order valence-electron chi connectivity index (χ0n) is 12.5. The number of aliphatic carboxylic acids is 2. The highest BCUT2D eigenvalue weighted by Crippen LogP contribution is 2.57. The molecular weight excluding hydrogens is 312 g/mol. The number of aromatic hydroxyl groups is 2. The van der Waals surface area contributed by atoms with Gasteiger partial charge in [-0.2, -0.15) is 0 Å². The van der Waals surface area contributed by atoms with Crippen molar-refractivity contribution < 1.29 is 30.0 Å². The normalized spacial score (nSPS) is 25.7. The van der Waals surface area contributed by atoms with Crippen LogP contribution < -0.4 is 10.2 Å². The van der Waals surface area contributed by atoms with Gasteiger partial charge in [0, 0.05) is 35.6 Å². The van der Waals surface area contributed by atoms with Gasteiger partial charge in [0.2, 0.25) is 0 Å². The number of phenolic OH excluding ortho intramolecular Hbond substituents is 2. The second kappa shape index (κ2) is 5.88. The van der Waals surface area contributed by atoms with Gasteiger partial charge in [-0.05, 0) is 35.4 Å². The minimum absolute atomic E-state index is 0.00292. The smallest absolute Gasteiger partial charge is 0.115 e. The monoisotopic (exact) mass is 326 g/mol. The van der Waals surface area contributed by atoms with E-state index in [4.69, 9.17) is 0 Å². The Labute approximate surface area is 137 Å². The van der Waals surface area contributed by atoms with Crippen LogP contribution in [0.5, 0.6) is 11.5 Å². The third-order valence-corrected chi connectivity index (χ3v) is 4.65. The number of carbonyl (C=O) groups excluding carboxylic acids is 2. The molecule has 0 aromatic heterocycles. The van der Waals surface area contributed by atoms with E-state index in [1.54, 1.807) is 0 Å². The van der Waals surface area contributed by atoms with Crippen molar-refractivity contribution in [3.05, 3.63) is 59.7 Å². The van der Waals surface area contributed by atoms with E-state index in [1.807, 2.05) is 0 Å². The minimum Gasteiger partial charge on any atom is -0.550 e. The minimum atomic E-state index is -1.34. The largest absolute Gasteiger partial charge is 0.550 e. The highest BCUT2D eigenvalue weighted by Gasteiger charge is 2.52. The topological polar surface area (TPSA) is 121 Å². The fourth-order valence-corrected chi connectivity index (χ4v) is 3.56. The maximum Gasteiger partial charge on any atom is 0.115 e. The molecule has 3 rings (SSSR count). The Morgan fingerprint density at radius 3 is 1.21 bits per heavy atom. The van der Waals surface area contributed by atoms with Crippen molar-refractivity contribution in [2.24, 2.45) is 11.8 Å². The van der Waals surface area contributed by atoms with Crippen LogP contribution in [0.3, 0.4) is 0 Å². The molecule has 124 valence electrons. The summed E-state index contributed by atoms with van der Waals surface area (Å²) in [6.07, 6.45) is 0. The molecule has 6 nitrogen and oxygen atoms in total. The molecule has 0 heterocycles. The number of carboxylic acid groups (broad SMARTS) is 2. The highest BCUT2D eigenvalue weighted by atomic mass is 16.4. The van der Waals surface area contributed by atoms with Crippen LogP contribution in [0.2, 0.25) is 0 Å². The van der Waals surface area contributed by atoms with Crippen LogP contribution in [-0.2, 0) is 9.59 Å². The zero-order valence-corrected chi connectivity index (χ0v) is 12.5. The summed E-state index contributed by atoms with van der Waals surface area (Å²) in [5, 5.41) is 42.0. The number of carbonyl (C=O) groups is 2. The maximum absolute atomic E-state index is 11.6. The Hall–Kier alpha value is -3.02. The first kappa shape index (κ1) is 15.9. The molecule has 0 unspecified atom stereocenters. The lowest BCUT2D eigenvalue weighted by Crippen LogP contribution is -2.57. The lowest BCUT2D eigenvalue weighted by Gasteiger charge is -2.53. The van der Waals surface area contributed by atoms with E-state index in [2.05, 4.69) is 0 Å². The summed E-state index contributed by atoms with van der Waals surface area (Å²) >= 11 is 0. The molecule has 0 amide bonds. The van der Waals surface area contributed by atoms with Gasteiger partial charge >= 0.3 is 0 Å². The van der Waals surface area contributed by atoms with Crippen LogP contribution in [0.4, 0.5) is 0 Å². The summed E-state index contributed by atoms with van der Waals surface area (Å²) in [7, 11) is 0. The SMILES string of the molecule is O=C([O-])C1C(c2ccc(O)cc2)C(C(=O)[O-])C1c1ccc(O)cc1. The Bertz CT molecular complexity index is 690. The van der Waals surface area contributed by atoms with Crippen molar-refractivity contribution >= 4 is 11.9 Å². The molecule has 2 aromatic carbocycles. The van der Waals surface area contributed by atoms with Gasteiger partial charge in [-0.15, -0.1) is 0 Å². The highest BCUT2D eigenvalue weighted by molar-refractivity contribution is 5.81. The van der Waals surface area contributed by atoms with Gasteiger partial charge in [0.25, 0.3) is 0 Å². The quantitative estimate of drug-likeness (QED) is 0.796. The van der Waals surface area contributed by atoms with Gasteiger partial charge in [0.1, 0.15) is 11.5 Å². The Kier molecular flexibility index (Phi) is 3.89. The number of phenols is 2. The molecule has 1 saturated carbocycles. The summed E-state index contributed by atoms with van der Waals surface area (Å²) in [5.74, 6) is -6.37. The van der Waals surface area contributed by atoms with Gasteiger partial charge < -0.3 is 30.0 Å². The maximum atomic E-state index is 11.6. The number of carboxylic acids is 2. The van der Waals surface area contributed by atoms with Crippen LogP contribution in [-0.4, -0.2) is 22.2 Å². The summed E-state index contributed by atoms with van der Waals surface area (Å²) in [6.45, 7) is 0. The van der Waals surface area contributed by atoms with Gasteiger partial charge in [-0.1, -0.05) is 24.3 Å². The van der Waals surface area contributed by atoms with Crippen LogP contribution >= 0.6 is 0 Å². The average molecular weight is 326 g/mol. The number of benzene rings is 2. The van der Waals surface area contributed by atoms with Crippen molar-refractivity contribution in [3.63, 3.8) is 0 Å². The molecule has 0 aliphatic heterocycles. The molecule has 24 heavy (non-hydrogen) atoms. The fourth-order valence-electron chi connectivity index (χ4n) is 3.56. The standard InChI is InChI=1S/C18H16O6/c19-11-5-1-9(2-6-11)13-15(17(21)22)14(16(13)18(23)24)10-3-7-12(20)8-4-10/h1-8,13-16,19-20H,(H,21,22)(H,23,24)/p-2. The number of rotatable bonds is 4. The van der Waals surface area contributed by atoms with E-state index in [0.717, 1.165) is 0 Å². The Balaban J connectivity index is 2.03. The predicted molar refractivity (Wildman–Crippen MR) is 78.7 cm³/mol. The predicted octanol–water partition coefficient (Wildman–Crippen LogP) is -0.289. The summed E-state index contributed by atoms with van der Waals surface area (Å²) in [4.78, 5) is 23.3. The van der Waals surface area contributed by atoms with Crippen LogP contribution in [0.25, 0.3) is 0 Å². The van der Waals surface area contributed by atoms with Crippen molar-refractivity contribution in [1.29, 1.82) is 0 Å². The van der Waals surface area contributed by atoms with Gasteiger partial charge in [-0.25, -0.2) is 0 Å². The first-order valence-corrected chi connectivity index (χ1v) is 7.39. The Morgan fingerprint density at radius 1 is 0.667 bits per heavy atom. The van der Waals surface area contributed by atoms with Crippen LogP contribution in [0, 0.1) is 11.8 Å². The van der Waals surface area contributed by atoms with Gasteiger partial charge in [0.15, 0.2) is 0 Å². The first-order valence-electron chi connectivity index (χ1n) is 7.39. The molecule has 0 saturated heterocycles. The molecular formula is C18H14O6-2. The van der Waals surface area contributed by atoms with E-state index in [1.165, 1.54) is 48.5 Å². The second-order valence-electron chi connectivity index (χ2n) is 5.92. The number of hydrogen-bond acceptors (Lipinski definition) is 6. The summed E-state index contributed by atoms with van der Waals surface area (Å²) in [5.41, 5.74) is 0.984. The van der Waals surface area contributed by atoms with Gasteiger partial charge in [0.05, 0.1) is 0 Å². The van der Waals surface area contributed by atoms with Crippen LogP contribution in [0.15, 0.2) is 48.5 Å². The molecule has 1 aliphatic carbocycles. The molecule has 6 heteroatoms. The van der Waals surface area contributed by atoms with E-state index in [9.17, 15) is 30.0 Å². The van der Waals surface area contributed by atoms with Crippen molar-refractivity contribution in [2.75, 3.05) is 0 Å². The van der Waals surface area contributed by atoms with Crippen molar-refractivity contribution in [3.8, 4) is 11.5 Å². The fraction of sp³-hybridized carbons (Fsp3) is 0.222. The number of hydrogen-bond donors (Lipinski definition) is 2. The third kappa shape index (κ3) is 2.56. The summed E-state index contributed by atoms with van der Waals surface area (Å²) in [6, 6.07) is 11.5.